The number of amides is 1. The van der Waals surface area contributed by atoms with E-state index in [4.69, 9.17) is 9.47 Å². The molecule has 0 aromatic heterocycles. The van der Waals surface area contributed by atoms with Crippen LogP contribution in [-0.2, 0) is 11.2 Å². The standard InChI is InChI=1S/C17H16N2O4/c20-14-4-2-1-3-13(14)11-18-19-17(21)10-12-5-6-15-16(9-12)23-8-7-22-15/h1-6,9,11,20H,7-8,10H2,(H,19,21). The second-order valence-corrected chi connectivity index (χ2v) is 5.01. The largest absolute Gasteiger partial charge is 0.507 e. The highest BCUT2D eigenvalue weighted by molar-refractivity contribution is 5.85. The number of ether oxygens (including phenoxy) is 2. The molecule has 118 valence electrons. The van der Waals surface area contributed by atoms with Gasteiger partial charge in [0.15, 0.2) is 11.5 Å². The van der Waals surface area contributed by atoms with Crippen molar-refractivity contribution >= 4 is 12.1 Å². The molecule has 0 saturated heterocycles. The topological polar surface area (TPSA) is 80.2 Å². The molecule has 0 spiro atoms. The molecule has 0 bridgehead atoms. The summed E-state index contributed by atoms with van der Waals surface area (Å²) in [5, 5.41) is 13.4. The summed E-state index contributed by atoms with van der Waals surface area (Å²) in [6.07, 6.45) is 1.58. The van der Waals surface area contributed by atoms with Gasteiger partial charge in [-0.05, 0) is 29.8 Å². The number of para-hydroxylation sites is 1. The molecule has 6 heteroatoms. The summed E-state index contributed by atoms with van der Waals surface area (Å²) in [4.78, 5) is 11.9. The van der Waals surface area contributed by atoms with Crippen molar-refractivity contribution in [3.8, 4) is 17.2 Å². The first-order chi connectivity index (χ1) is 11.2. The highest BCUT2D eigenvalue weighted by Crippen LogP contribution is 2.30. The number of nitrogens with one attached hydrogen (secondary N) is 1. The molecule has 0 aliphatic carbocycles. The average molecular weight is 312 g/mol. The van der Waals surface area contributed by atoms with Crippen LogP contribution < -0.4 is 14.9 Å². The maximum atomic E-state index is 11.9. The van der Waals surface area contributed by atoms with Gasteiger partial charge in [0.25, 0.3) is 0 Å². The van der Waals surface area contributed by atoms with Crippen LogP contribution in [0.15, 0.2) is 47.6 Å². The minimum Gasteiger partial charge on any atom is -0.507 e. The Morgan fingerprint density at radius 1 is 1.17 bits per heavy atom. The van der Waals surface area contributed by atoms with Crippen LogP contribution in [0.4, 0.5) is 0 Å². The zero-order valence-electron chi connectivity index (χ0n) is 12.4. The van der Waals surface area contributed by atoms with Gasteiger partial charge in [0, 0.05) is 5.56 Å². The van der Waals surface area contributed by atoms with E-state index in [0.717, 1.165) is 5.56 Å². The molecule has 0 radical (unpaired) electrons. The number of rotatable bonds is 4. The number of carbonyl (C=O) groups excluding carboxylic acids is 1. The Balaban J connectivity index is 1.58. The van der Waals surface area contributed by atoms with Crippen LogP contribution in [0.25, 0.3) is 0 Å². The van der Waals surface area contributed by atoms with Gasteiger partial charge in [0.05, 0.1) is 12.6 Å². The summed E-state index contributed by atoms with van der Waals surface area (Å²) >= 11 is 0. The molecular weight excluding hydrogens is 296 g/mol. The van der Waals surface area contributed by atoms with Gasteiger partial charge in [-0.3, -0.25) is 4.79 Å². The van der Waals surface area contributed by atoms with Gasteiger partial charge in [-0.25, -0.2) is 5.43 Å². The quantitative estimate of drug-likeness (QED) is 0.667. The zero-order valence-corrected chi connectivity index (χ0v) is 12.4. The van der Waals surface area contributed by atoms with Gasteiger partial charge < -0.3 is 14.6 Å². The van der Waals surface area contributed by atoms with E-state index < -0.39 is 0 Å². The van der Waals surface area contributed by atoms with Crippen LogP contribution in [0, 0.1) is 0 Å². The molecule has 0 atom stereocenters. The summed E-state index contributed by atoms with van der Waals surface area (Å²) in [5.74, 6) is 1.20. The van der Waals surface area contributed by atoms with E-state index in [0.29, 0.717) is 30.3 Å². The van der Waals surface area contributed by atoms with E-state index in [1.165, 1.54) is 6.21 Å². The number of hydrogen-bond donors (Lipinski definition) is 2. The minimum atomic E-state index is -0.256. The first kappa shape index (κ1) is 14.9. The van der Waals surface area contributed by atoms with Gasteiger partial charge >= 0.3 is 0 Å². The third-order valence-corrected chi connectivity index (χ3v) is 3.30. The fourth-order valence-corrected chi connectivity index (χ4v) is 2.19. The SMILES string of the molecule is O=C(Cc1ccc2c(c1)OCCO2)NN=Cc1ccccc1O. The third-order valence-electron chi connectivity index (χ3n) is 3.30. The van der Waals surface area contributed by atoms with Crippen molar-refractivity contribution in [1.29, 1.82) is 0 Å². The number of hydrazone groups is 1. The molecule has 1 amide bonds. The highest BCUT2D eigenvalue weighted by Gasteiger charge is 2.12. The first-order valence-corrected chi connectivity index (χ1v) is 7.21. The van der Waals surface area contributed by atoms with E-state index in [1.807, 2.05) is 6.07 Å². The van der Waals surface area contributed by atoms with Crippen LogP contribution in [0.3, 0.4) is 0 Å². The maximum Gasteiger partial charge on any atom is 0.244 e. The Bertz CT molecular complexity index is 743. The predicted molar refractivity (Wildman–Crippen MR) is 85.0 cm³/mol. The number of phenols is 1. The van der Waals surface area contributed by atoms with Gasteiger partial charge in [-0.2, -0.15) is 5.10 Å². The first-order valence-electron chi connectivity index (χ1n) is 7.21. The van der Waals surface area contributed by atoms with E-state index in [1.54, 1.807) is 36.4 Å². The Morgan fingerprint density at radius 2 is 1.96 bits per heavy atom. The molecule has 1 heterocycles. The number of benzene rings is 2. The van der Waals surface area contributed by atoms with E-state index in [-0.39, 0.29) is 18.1 Å². The smallest absolute Gasteiger partial charge is 0.244 e. The highest BCUT2D eigenvalue weighted by atomic mass is 16.6. The molecule has 2 N–H and O–H groups in total. The van der Waals surface area contributed by atoms with Crippen molar-refractivity contribution in [2.45, 2.75) is 6.42 Å². The van der Waals surface area contributed by atoms with Crippen LogP contribution in [0.5, 0.6) is 17.2 Å². The Labute approximate surface area is 133 Å². The second kappa shape index (κ2) is 6.83. The molecule has 0 fully saturated rings. The molecule has 6 nitrogen and oxygen atoms in total. The lowest BCUT2D eigenvalue weighted by atomic mass is 10.1. The maximum absolute atomic E-state index is 11.9. The second-order valence-electron chi connectivity index (χ2n) is 5.01. The summed E-state index contributed by atoms with van der Waals surface area (Å²) in [6.45, 7) is 1.04. The minimum absolute atomic E-state index is 0.109. The van der Waals surface area contributed by atoms with Gasteiger partial charge in [-0.1, -0.05) is 18.2 Å². The van der Waals surface area contributed by atoms with Crippen LogP contribution in [0.1, 0.15) is 11.1 Å². The van der Waals surface area contributed by atoms with Crippen molar-refractivity contribution in [3.63, 3.8) is 0 Å². The number of nitrogens with zero attached hydrogens (tertiary/aromatic N) is 1. The summed E-state index contributed by atoms with van der Waals surface area (Å²) in [6, 6.07) is 12.2. The monoisotopic (exact) mass is 312 g/mol. The number of phenolic OH excluding ortho intramolecular Hbond substituents is 1. The van der Waals surface area contributed by atoms with Crippen molar-refractivity contribution in [1.82, 2.24) is 5.43 Å². The number of fused-ring (bicyclic) bond motifs is 1. The summed E-state index contributed by atoms with van der Waals surface area (Å²) in [5.41, 5.74) is 3.78. The van der Waals surface area contributed by atoms with Crippen LogP contribution >= 0.6 is 0 Å². The van der Waals surface area contributed by atoms with E-state index in [2.05, 4.69) is 10.5 Å². The fourth-order valence-electron chi connectivity index (χ4n) is 2.19. The lowest BCUT2D eigenvalue weighted by Gasteiger charge is -2.18. The Kier molecular flexibility index (Phi) is 4.42. The van der Waals surface area contributed by atoms with Crippen molar-refractivity contribution in [2.75, 3.05) is 13.2 Å². The Morgan fingerprint density at radius 3 is 2.78 bits per heavy atom. The van der Waals surface area contributed by atoms with Gasteiger partial charge in [0.1, 0.15) is 19.0 Å². The molecule has 0 unspecified atom stereocenters. The molecular formula is C17H16N2O4. The number of carbonyl (C=O) groups is 1. The molecule has 3 rings (SSSR count). The van der Waals surface area contributed by atoms with E-state index >= 15 is 0 Å². The van der Waals surface area contributed by atoms with E-state index in [9.17, 15) is 9.90 Å². The van der Waals surface area contributed by atoms with Gasteiger partial charge in [-0.15, -0.1) is 0 Å². The molecule has 0 saturated carbocycles. The normalized spacial score (nSPS) is 13.0. The number of hydrogen-bond acceptors (Lipinski definition) is 5. The fraction of sp³-hybridized carbons (Fsp3) is 0.176. The Hall–Kier alpha value is -3.02. The van der Waals surface area contributed by atoms with Crippen molar-refractivity contribution in [3.05, 3.63) is 53.6 Å². The molecule has 1 aliphatic heterocycles. The van der Waals surface area contributed by atoms with Crippen LogP contribution in [-0.4, -0.2) is 30.4 Å². The molecule has 2 aromatic rings. The zero-order chi connectivity index (χ0) is 16.1. The third kappa shape index (κ3) is 3.79. The number of aromatic hydroxyl groups is 1. The lowest BCUT2D eigenvalue weighted by molar-refractivity contribution is -0.120. The van der Waals surface area contributed by atoms with Crippen LogP contribution in [0.2, 0.25) is 0 Å². The predicted octanol–water partition coefficient (Wildman–Crippen LogP) is 1.86. The van der Waals surface area contributed by atoms with Crippen molar-refractivity contribution < 1.29 is 19.4 Å². The summed E-state index contributed by atoms with van der Waals surface area (Å²) in [7, 11) is 0. The van der Waals surface area contributed by atoms with Crippen molar-refractivity contribution in [2.24, 2.45) is 5.10 Å². The summed E-state index contributed by atoms with van der Waals surface area (Å²) < 4.78 is 10.9. The van der Waals surface area contributed by atoms with Gasteiger partial charge in [0.2, 0.25) is 5.91 Å². The molecule has 2 aromatic carbocycles. The lowest BCUT2D eigenvalue weighted by Crippen LogP contribution is -2.20. The molecule has 1 aliphatic rings. The molecule has 23 heavy (non-hydrogen) atoms. The average Bonchev–Trinajstić information content (AvgIpc) is 2.56.